The average Bonchev–Trinajstić information content (AvgIpc) is 2.65. The van der Waals surface area contributed by atoms with E-state index in [1.54, 1.807) is 30.3 Å². The van der Waals surface area contributed by atoms with E-state index in [1.807, 2.05) is 13.8 Å². The van der Waals surface area contributed by atoms with Crippen molar-refractivity contribution >= 4 is 35.0 Å². The van der Waals surface area contributed by atoms with E-state index in [9.17, 15) is 14.0 Å². The number of rotatable bonds is 8. The van der Waals surface area contributed by atoms with E-state index >= 15 is 0 Å². The van der Waals surface area contributed by atoms with Crippen molar-refractivity contribution in [2.45, 2.75) is 39.3 Å². The Bertz CT molecular complexity index is 828. The molecule has 1 atom stereocenters. The molecule has 150 valence electrons. The molecule has 1 unspecified atom stereocenters. The maximum absolute atomic E-state index is 13.1. The summed E-state index contributed by atoms with van der Waals surface area (Å²) in [5.41, 5.74) is 1.37. The van der Waals surface area contributed by atoms with Gasteiger partial charge in [0.25, 0.3) is 0 Å². The largest absolute Gasteiger partial charge is 0.355 e. The van der Waals surface area contributed by atoms with Gasteiger partial charge in [-0.25, -0.2) is 4.39 Å². The summed E-state index contributed by atoms with van der Waals surface area (Å²) >= 11 is 12.2. The van der Waals surface area contributed by atoms with Crippen LogP contribution >= 0.6 is 23.2 Å². The zero-order valence-corrected chi connectivity index (χ0v) is 17.4. The van der Waals surface area contributed by atoms with E-state index in [0.717, 1.165) is 0 Å². The first-order valence-electron chi connectivity index (χ1n) is 9.11. The summed E-state index contributed by atoms with van der Waals surface area (Å²) in [6.07, 6.45) is 0.508. The molecule has 1 N–H and O–H groups in total. The highest BCUT2D eigenvalue weighted by atomic mass is 35.5. The molecule has 7 heteroatoms. The van der Waals surface area contributed by atoms with Gasteiger partial charge in [-0.3, -0.25) is 9.59 Å². The lowest BCUT2D eigenvalue weighted by Crippen LogP contribution is -2.49. The molecule has 0 aliphatic heterocycles. The number of nitrogens with one attached hydrogen (secondary N) is 1. The normalized spacial score (nSPS) is 11.8. The van der Waals surface area contributed by atoms with Crippen LogP contribution in [0.5, 0.6) is 0 Å². The molecule has 28 heavy (non-hydrogen) atoms. The SMILES string of the molecule is CCNC(=O)C(CC)N(Cc1ccc(Cl)cc1Cl)C(=O)Cc1ccc(F)cc1. The zero-order valence-electron chi connectivity index (χ0n) is 15.8. The first kappa shape index (κ1) is 22.2. The summed E-state index contributed by atoms with van der Waals surface area (Å²) in [6.45, 7) is 4.32. The van der Waals surface area contributed by atoms with Crippen molar-refractivity contribution in [2.24, 2.45) is 0 Å². The van der Waals surface area contributed by atoms with Gasteiger partial charge < -0.3 is 10.2 Å². The van der Waals surface area contributed by atoms with Gasteiger partial charge >= 0.3 is 0 Å². The van der Waals surface area contributed by atoms with Crippen LogP contribution in [0.2, 0.25) is 10.0 Å². The fourth-order valence-corrected chi connectivity index (χ4v) is 3.39. The van der Waals surface area contributed by atoms with Gasteiger partial charge in [0, 0.05) is 23.1 Å². The summed E-state index contributed by atoms with van der Waals surface area (Å²) in [6, 6.07) is 10.1. The molecule has 0 heterocycles. The first-order chi connectivity index (χ1) is 13.3. The molecule has 0 aliphatic rings. The quantitative estimate of drug-likeness (QED) is 0.671. The smallest absolute Gasteiger partial charge is 0.242 e. The Morgan fingerprint density at radius 3 is 2.36 bits per heavy atom. The van der Waals surface area contributed by atoms with Gasteiger partial charge in [0.15, 0.2) is 0 Å². The van der Waals surface area contributed by atoms with Gasteiger partial charge in [-0.05, 0) is 48.7 Å². The van der Waals surface area contributed by atoms with E-state index in [1.165, 1.54) is 17.0 Å². The van der Waals surface area contributed by atoms with Gasteiger partial charge in [0.1, 0.15) is 11.9 Å². The molecule has 0 saturated heterocycles. The highest BCUT2D eigenvalue weighted by Crippen LogP contribution is 2.24. The molecular weight excluding hydrogens is 402 g/mol. The van der Waals surface area contributed by atoms with Crippen LogP contribution in [0.3, 0.4) is 0 Å². The fraction of sp³-hybridized carbons (Fsp3) is 0.333. The predicted octanol–water partition coefficient (Wildman–Crippen LogP) is 4.62. The Balaban J connectivity index is 2.31. The second kappa shape index (κ2) is 10.4. The third-order valence-electron chi connectivity index (χ3n) is 4.36. The fourth-order valence-electron chi connectivity index (χ4n) is 2.92. The molecule has 2 rings (SSSR count). The third-order valence-corrected chi connectivity index (χ3v) is 4.95. The van der Waals surface area contributed by atoms with Crippen molar-refractivity contribution in [3.05, 3.63) is 69.5 Å². The monoisotopic (exact) mass is 424 g/mol. The lowest BCUT2D eigenvalue weighted by atomic mass is 10.1. The Morgan fingerprint density at radius 1 is 1.11 bits per heavy atom. The molecule has 0 spiro atoms. The van der Waals surface area contributed by atoms with E-state index in [-0.39, 0.29) is 30.6 Å². The minimum Gasteiger partial charge on any atom is -0.355 e. The van der Waals surface area contributed by atoms with E-state index in [2.05, 4.69) is 5.32 Å². The summed E-state index contributed by atoms with van der Waals surface area (Å²) in [7, 11) is 0. The molecule has 2 aromatic rings. The lowest BCUT2D eigenvalue weighted by Gasteiger charge is -2.31. The Morgan fingerprint density at radius 2 is 1.79 bits per heavy atom. The number of hydrogen-bond acceptors (Lipinski definition) is 2. The number of benzene rings is 2. The Hall–Kier alpha value is -2.11. The molecule has 0 radical (unpaired) electrons. The number of carbonyl (C=O) groups excluding carboxylic acids is 2. The van der Waals surface area contributed by atoms with Gasteiger partial charge in [0.05, 0.1) is 6.42 Å². The molecule has 2 aromatic carbocycles. The van der Waals surface area contributed by atoms with Crippen LogP contribution in [0.25, 0.3) is 0 Å². The summed E-state index contributed by atoms with van der Waals surface area (Å²) in [5.74, 6) is -0.826. The molecular formula is C21H23Cl2FN2O2. The average molecular weight is 425 g/mol. The van der Waals surface area contributed by atoms with E-state index in [0.29, 0.717) is 34.1 Å². The molecule has 0 aromatic heterocycles. The van der Waals surface area contributed by atoms with Crippen molar-refractivity contribution in [2.75, 3.05) is 6.54 Å². The number of halogens is 3. The maximum Gasteiger partial charge on any atom is 0.242 e. The van der Waals surface area contributed by atoms with Crippen molar-refractivity contribution in [3.8, 4) is 0 Å². The number of nitrogens with zero attached hydrogens (tertiary/aromatic N) is 1. The second-order valence-corrected chi connectivity index (χ2v) is 7.22. The number of hydrogen-bond donors (Lipinski definition) is 1. The van der Waals surface area contributed by atoms with Crippen LogP contribution in [0.15, 0.2) is 42.5 Å². The van der Waals surface area contributed by atoms with Gasteiger partial charge in [-0.15, -0.1) is 0 Å². The number of amides is 2. The van der Waals surface area contributed by atoms with Crippen LogP contribution in [-0.2, 0) is 22.6 Å². The molecule has 0 saturated carbocycles. The van der Waals surface area contributed by atoms with Gasteiger partial charge in [0.2, 0.25) is 11.8 Å². The molecule has 0 bridgehead atoms. The molecule has 4 nitrogen and oxygen atoms in total. The molecule has 2 amide bonds. The summed E-state index contributed by atoms with van der Waals surface area (Å²) in [5, 5.41) is 3.70. The van der Waals surface area contributed by atoms with Crippen molar-refractivity contribution in [3.63, 3.8) is 0 Å². The summed E-state index contributed by atoms with van der Waals surface area (Å²) in [4.78, 5) is 27.1. The minimum absolute atomic E-state index is 0.0569. The van der Waals surface area contributed by atoms with Crippen LogP contribution in [0.4, 0.5) is 4.39 Å². The van der Waals surface area contributed by atoms with E-state index in [4.69, 9.17) is 23.2 Å². The van der Waals surface area contributed by atoms with Crippen molar-refractivity contribution in [1.82, 2.24) is 10.2 Å². The zero-order chi connectivity index (χ0) is 20.7. The third kappa shape index (κ3) is 5.94. The first-order valence-corrected chi connectivity index (χ1v) is 9.86. The maximum atomic E-state index is 13.1. The van der Waals surface area contributed by atoms with Crippen LogP contribution < -0.4 is 5.32 Å². The van der Waals surface area contributed by atoms with Crippen LogP contribution in [0, 0.1) is 5.82 Å². The Kier molecular flexibility index (Phi) is 8.27. The molecule has 0 fully saturated rings. The number of carbonyl (C=O) groups is 2. The van der Waals surface area contributed by atoms with Gasteiger partial charge in [-0.1, -0.05) is 48.3 Å². The number of likely N-dealkylation sites (N-methyl/N-ethyl adjacent to an activating group) is 1. The lowest BCUT2D eigenvalue weighted by molar-refractivity contribution is -0.140. The predicted molar refractivity (Wildman–Crippen MR) is 110 cm³/mol. The van der Waals surface area contributed by atoms with E-state index < -0.39 is 6.04 Å². The second-order valence-electron chi connectivity index (χ2n) is 6.38. The minimum atomic E-state index is -0.639. The Labute approximate surface area is 174 Å². The van der Waals surface area contributed by atoms with Crippen molar-refractivity contribution < 1.29 is 14.0 Å². The highest BCUT2D eigenvalue weighted by molar-refractivity contribution is 6.35. The topological polar surface area (TPSA) is 49.4 Å². The summed E-state index contributed by atoms with van der Waals surface area (Å²) < 4.78 is 13.1. The van der Waals surface area contributed by atoms with Gasteiger partial charge in [-0.2, -0.15) is 0 Å². The van der Waals surface area contributed by atoms with Crippen LogP contribution in [-0.4, -0.2) is 29.3 Å². The van der Waals surface area contributed by atoms with Crippen molar-refractivity contribution in [1.29, 1.82) is 0 Å². The van der Waals surface area contributed by atoms with Crippen LogP contribution in [0.1, 0.15) is 31.4 Å². The standard InChI is InChI=1S/C21H23Cl2FN2O2/c1-3-19(21(28)25-4-2)26(13-15-7-8-16(22)12-18(15)23)20(27)11-14-5-9-17(24)10-6-14/h5-10,12,19H,3-4,11,13H2,1-2H3,(H,25,28). The highest BCUT2D eigenvalue weighted by Gasteiger charge is 2.28. The molecule has 0 aliphatic carbocycles.